The fraction of sp³-hybridized carbons (Fsp3) is 0.381. The zero-order valence-electron chi connectivity index (χ0n) is 17.7. The fourth-order valence-corrected chi connectivity index (χ4v) is 4.99. The van der Waals surface area contributed by atoms with Crippen LogP contribution in [0, 0.1) is 24.0 Å². The van der Waals surface area contributed by atoms with E-state index in [0.29, 0.717) is 18.7 Å². The molecule has 0 aromatic heterocycles. The van der Waals surface area contributed by atoms with Gasteiger partial charge >= 0.3 is 0 Å². The highest BCUT2D eigenvalue weighted by Gasteiger charge is 2.33. The van der Waals surface area contributed by atoms with Crippen LogP contribution in [0.15, 0.2) is 41.3 Å². The molecule has 0 saturated carbocycles. The molecule has 2 aromatic rings. The van der Waals surface area contributed by atoms with Crippen molar-refractivity contribution in [3.8, 4) is 5.75 Å². The van der Waals surface area contributed by atoms with Crippen LogP contribution in [0.4, 0.5) is 11.4 Å². The van der Waals surface area contributed by atoms with E-state index in [2.05, 4.69) is 0 Å². The second-order valence-corrected chi connectivity index (χ2v) is 9.34. The number of hydrogen-bond acceptors (Lipinski definition) is 6. The zero-order valence-corrected chi connectivity index (χ0v) is 18.5. The summed E-state index contributed by atoms with van der Waals surface area (Å²) in [7, 11) is -2.88. The minimum Gasteiger partial charge on any atom is -0.495 e. The molecule has 3 rings (SSSR count). The van der Waals surface area contributed by atoms with Crippen molar-refractivity contribution in [1.82, 2.24) is 4.90 Å². The molecule has 1 aliphatic heterocycles. The second-order valence-electron chi connectivity index (χ2n) is 7.48. The standard InChI is InChI=1S/C21H25N3O6S/c1-15-6-9-20(30-3)19(12-15)23(14-21(25)22-10-4-5-11-22)31(28,29)17-8-7-16(2)18(13-17)24(26)27/h6-9,12-13H,4-5,10-11,14H2,1-3H3. The van der Waals surface area contributed by atoms with Gasteiger partial charge in [-0.25, -0.2) is 8.42 Å². The summed E-state index contributed by atoms with van der Waals surface area (Å²) in [6.07, 6.45) is 1.74. The molecule has 1 heterocycles. The lowest BCUT2D eigenvalue weighted by Crippen LogP contribution is -2.42. The Labute approximate surface area is 181 Å². The van der Waals surface area contributed by atoms with Gasteiger partial charge in [-0.1, -0.05) is 12.1 Å². The van der Waals surface area contributed by atoms with E-state index in [1.165, 1.54) is 26.2 Å². The average molecular weight is 448 g/mol. The van der Waals surface area contributed by atoms with Gasteiger partial charge < -0.3 is 9.64 Å². The lowest BCUT2D eigenvalue weighted by molar-refractivity contribution is -0.385. The van der Waals surface area contributed by atoms with Crippen molar-refractivity contribution >= 4 is 27.3 Å². The molecule has 31 heavy (non-hydrogen) atoms. The number of methoxy groups -OCH3 is 1. The molecule has 2 aromatic carbocycles. The molecule has 10 heteroatoms. The molecule has 0 unspecified atom stereocenters. The molecule has 0 atom stereocenters. The maximum atomic E-state index is 13.6. The summed E-state index contributed by atoms with van der Waals surface area (Å²) in [5.74, 6) is -0.0451. The monoisotopic (exact) mass is 447 g/mol. The smallest absolute Gasteiger partial charge is 0.273 e. The minimum atomic E-state index is -4.30. The number of nitro benzene ring substituents is 1. The summed E-state index contributed by atoms with van der Waals surface area (Å²) in [6, 6.07) is 8.75. The molecule has 9 nitrogen and oxygen atoms in total. The van der Waals surface area contributed by atoms with Crippen LogP contribution in [-0.2, 0) is 14.8 Å². The lowest BCUT2D eigenvalue weighted by Gasteiger charge is -2.28. The minimum absolute atomic E-state index is 0.207. The number of nitrogens with zero attached hydrogens (tertiary/aromatic N) is 3. The van der Waals surface area contributed by atoms with Gasteiger partial charge in [-0.2, -0.15) is 0 Å². The van der Waals surface area contributed by atoms with E-state index in [1.807, 2.05) is 0 Å². The molecular formula is C21H25N3O6S. The van der Waals surface area contributed by atoms with Gasteiger partial charge in [0.1, 0.15) is 12.3 Å². The molecule has 1 fully saturated rings. The van der Waals surface area contributed by atoms with Crippen LogP contribution in [0.25, 0.3) is 0 Å². The van der Waals surface area contributed by atoms with E-state index in [4.69, 9.17) is 4.74 Å². The van der Waals surface area contributed by atoms with Gasteiger partial charge in [0, 0.05) is 24.7 Å². The third-order valence-corrected chi connectivity index (χ3v) is 7.06. The second kappa shape index (κ2) is 8.93. The number of likely N-dealkylation sites (tertiary alicyclic amines) is 1. The molecule has 0 radical (unpaired) electrons. The molecule has 0 aliphatic carbocycles. The zero-order chi connectivity index (χ0) is 22.8. The number of amides is 1. The summed E-state index contributed by atoms with van der Waals surface area (Å²) in [5.41, 5.74) is 1.03. The van der Waals surface area contributed by atoms with Crippen molar-refractivity contribution in [1.29, 1.82) is 0 Å². The maximum Gasteiger partial charge on any atom is 0.273 e. The quantitative estimate of drug-likeness (QED) is 0.477. The van der Waals surface area contributed by atoms with Crippen molar-refractivity contribution in [2.45, 2.75) is 31.6 Å². The number of rotatable bonds is 7. The highest BCUT2D eigenvalue weighted by atomic mass is 32.2. The number of carbonyl (C=O) groups excluding carboxylic acids is 1. The highest BCUT2D eigenvalue weighted by Crippen LogP contribution is 2.34. The molecule has 0 spiro atoms. The van der Waals surface area contributed by atoms with Crippen LogP contribution in [0.2, 0.25) is 0 Å². The van der Waals surface area contributed by atoms with E-state index in [9.17, 15) is 23.3 Å². The summed E-state index contributed by atoms with van der Waals surface area (Å²) in [4.78, 5) is 25.0. The van der Waals surface area contributed by atoms with Crippen LogP contribution in [0.5, 0.6) is 5.75 Å². The predicted molar refractivity (Wildman–Crippen MR) is 116 cm³/mol. The number of hydrogen-bond donors (Lipinski definition) is 0. The Morgan fingerprint density at radius 3 is 2.45 bits per heavy atom. The Morgan fingerprint density at radius 2 is 1.84 bits per heavy atom. The van der Waals surface area contributed by atoms with Crippen molar-refractivity contribution in [2.75, 3.05) is 31.0 Å². The van der Waals surface area contributed by atoms with Gasteiger partial charge in [-0.3, -0.25) is 19.2 Å². The molecule has 1 aliphatic rings. The number of anilines is 1. The van der Waals surface area contributed by atoms with Crippen LogP contribution < -0.4 is 9.04 Å². The molecule has 1 saturated heterocycles. The van der Waals surface area contributed by atoms with E-state index in [-0.39, 0.29) is 27.9 Å². The van der Waals surface area contributed by atoms with Crippen LogP contribution in [0.1, 0.15) is 24.0 Å². The molecule has 0 bridgehead atoms. The van der Waals surface area contributed by atoms with Crippen molar-refractivity contribution in [3.05, 3.63) is 57.6 Å². The lowest BCUT2D eigenvalue weighted by atomic mass is 10.2. The van der Waals surface area contributed by atoms with Gasteiger partial charge in [0.05, 0.1) is 22.6 Å². The Kier molecular flexibility index (Phi) is 6.49. The number of ether oxygens (including phenoxy) is 1. The van der Waals surface area contributed by atoms with Gasteiger partial charge in [-0.05, 0) is 50.5 Å². The first-order valence-corrected chi connectivity index (χ1v) is 11.3. The van der Waals surface area contributed by atoms with Crippen molar-refractivity contribution in [3.63, 3.8) is 0 Å². The third kappa shape index (κ3) is 4.63. The molecular weight excluding hydrogens is 422 g/mol. The first kappa shape index (κ1) is 22.5. The van der Waals surface area contributed by atoms with Crippen LogP contribution in [-0.4, -0.2) is 50.9 Å². The molecule has 0 N–H and O–H groups in total. The summed E-state index contributed by atoms with van der Waals surface area (Å²) in [6.45, 7) is 4.06. The van der Waals surface area contributed by atoms with Crippen molar-refractivity contribution in [2.24, 2.45) is 0 Å². The summed E-state index contributed by atoms with van der Waals surface area (Å²) >= 11 is 0. The number of carbonyl (C=O) groups is 1. The summed E-state index contributed by atoms with van der Waals surface area (Å²) in [5, 5.41) is 11.4. The van der Waals surface area contributed by atoms with E-state index in [1.54, 1.807) is 30.0 Å². The normalized spacial score (nSPS) is 13.8. The summed E-state index contributed by atoms with van der Waals surface area (Å²) < 4.78 is 33.6. The topological polar surface area (TPSA) is 110 Å². The van der Waals surface area contributed by atoms with Gasteiger partial charge in [0.25, 0.3) is 15.7 Å². The van der Waals surface area contributed by atoms with E-state index < -0.39 is 21.5 Å². The first-order valence-electron chi connectivity index (χ1n) is 9.85. The van der Waals surface area contributed by atoms with Gasteiger partial charge in [0.15, 0.2) is 0 Å². The first-order chi connectivity index (χ1) is 14.6. The number of aryl methyl sites for hydroxylation is 2. The Bertz CT molecular complexity index is 1110. The van der Waals surface area contributed by atoms with Crippen molar-refractivity contribution < 1.29 is 22.9 Å². The van der Waals surface area contributed by atoms with E-state index >= 15 is 0 Å². The average Bonchev–Trinajstić information content (AvgIpc) is 3.26. The SMILES string of the molecule is COc1ccc(C)cc1N(CC(=O)N1CCCC1)S(=O)(=O)c1ccc(C)c([N+](=O)[O-])c1. The van der Waals surface area contributed by atoms with E-state index in [0.717, 1.165) is 28.8 Å². The van der Waals surface area contributed by atoms with Crippen LogP contribution in [0.3, 0.4) is 0 Å². The fourth-order valence-electron chi connectivity index (χ4n) is 3.56. The highest BCUT2D eigenvalue weighted by molar-refractivity contribution is 7.92. The largest absolute Gasteiger partial charge is 0.495 e. The predicted octanol–water partition coefficient (Wildman–Crippen LogP) is 3.04. The number of nitro groups is 1. The Morgan fingerprint density at radius 1 is 1.16 bits per heavy atom. The Balaban J connectivity index is 2.13. The van der Waals surface area contributed by atoms with Gasteiger partial charge in [0.2, 0.25) is 5.91 Å². The third-order valence-electron chi connectivity index (χ3n) is 5.31. The number of benzene rings is 2. The van der Waals surface area contributed by atoms with Gasteiger partial charge in [-0.15, -0.1) is 0 Å². The number of sulfonamides is 1. The maximum absolute atomic E-state index is 13.6. The van der Waals surface area contributed by atoms with Crippen LogP contribution >= 0.6 is 0 Å². The molecule has 1 amide bonds. The Hall–Kier alpha value is -3.14. The molecule has 166 valence electrons.